The molecule has 0 saturated heterocycles. The summed E-state index contributed by atoms with van der Waals surface area (Å²) in [5.41, 5.74) is 3.47. The lowest BCUT2D eigenvalue weighted by atomic mass is 10.1. The van der Waals surface area contributed by atoms with Crippen LogP contribution < -0.4 is 0 Å². The Morgan fingerprint density at radius 2 is 1.92 bits per heavy atom. The average Bonchev–Trinajstić information content (AvgIpc) is 2.93. The molecule has 0 aliphatic rings. The number of rotatable bonds is 6. The second kappa shape index (κ2) is 7.30. The van der Waals surface area contributed by atoms with Crippen LogP contribution in [0.3, 0.4) is 0 Å². The number of benzene rings is 1. The number of hydrogen-bond donors (Lipinski definition) is 0. The number of hydrogen-bond acceptors (Lipinski definition) is 2. The second-order valence-electron chi connectivity index (χ2n) is 6.04. The molecule has 124 valence electrons. The number of fused-ring (bicyclic) bond motifs is 1. The van der Waals surface area contributed by atoms with Crippen molar-refractivity contribution < 1.29 is 4.79 Å². The highest BCUT2D eigenvalue weighted by atomic mass is 16.2. The minimum absolute atomic E-state index is 0.183. The van der Waals surface area contributed by atoms with E-state index in [0.29, 0.717) is 6.42 Å². The fourth-order valence-corrected chi connectivity index (χ4v) is 3.11. The summed E-state index contributed by atoms with van der Waals surface area (Å²) in [7, 11) is 2.03. The van der Waals surface area contributed by atoms with Crippen molar-refractivity contribution in [2.45, 2.75) is 19.8 Å². The van der Waals surface area contributed by atoms with Crippen LogP contribution in [0, 0.1) is 0 Å². The topological polar surface area (TPSA) is 38.1 Å². The molecule has 3 aromatic rings. The molecular weight excluding hydrogens is 298 g/mol. The van der Waals surface area contributed by atoms with Crippen LogP contribution >= 0.6 is 0 Å². The molecule has 2 aromatic heterocycles. The van der Waals surface area contributed by atoms with Crippen molar-refractivity contribution in [3.05, 3.63) is 66.1 Å². The van der Waals surface area contributed by atoms with Gasteiger partial charge in [-0.2, -0.15) is 0 Å². The monoisotopic (exact) mass is 321 g/mol. The van der Waals surface area contributed by atoms with Crippen LogP contribution in [0.4, 0.5) is 0 Å². The fourth-order valence-electron chi connectivity index (χ4n) is 3.11. The summed E-state index contributed by atoms with van der Waals surface area (Å²) in [4.78, 5) is 18.7. The van der Waals surface area contributed by atoms with Gasteiger partial charge in [-0.25, -0.2) is 0 Å². The van der Waals surface area contributed by atoms with Crippen molar-refractivity contribution in [3.8, 4) is 0 Å². The van der Waals surface area contributed by atoms with E-state index < -0.39 is 0 Å². The first kappa shape index (κ1) is 16.2. The van der Waals surface area contributed by atoms with E-state index in [0.717, 1.165) is 25.1 Å². The van der Waals surface area contributed by atoms with Gasteiger partial charge >= 0.3 is 0 Å². The molecule has 1 aromatic carbocycles. The fraction of sp³-hybridized carbons (Fsp3) is 0.300. The van der Waals surface area contributed by atoms with Gasteiger partial charge in [0, 0.05) is 49.6 Å². The molecule has 2 heterocycles. The predicted molar refractivity (Wildman–Crippen MR) is 96.8 cm³/mol. The van der Waals surface area contributed by atoms with E-state index in [2.05, 4.69) is 27.9 Å². The Bertz CT molecular complexity index is 823. The normalized spacial score (nSPS) is 10.9. The molecule has 0 atom stereocenters. The Hall–Kier alpha value is -2.62. The summed E-state index contributed by atoms with van der Waals surface area (Å²) in [5.74, 6) is 0.183. The summed E-state index contributed by atoms with van der Waals surface area (Å²) < 4.78 is 2.09. The molecule has 0 radical (unpaired) electrons. The standard InChI is InChI=1S/C20H23N3O/c1-3-23(13-10-16-8-11-21-12-9-16)20(24)14-17-15-22(2)19-7-5-4-6-18(17)19/h4-9,11-12,15H,3,10,13-14H2,1-2H3. The molecule has 0 aliphatic heterocycles. The van der Waals surface area contributed by atoms with Gasteiger partial charge in [0.05, 0.1) is 6.42 Å². The number of likely N-dealkylation sites (N-methyl/N-ethyl adjacent to an activating group) is 1. The molecule has 0 N–H and O–H groups in total. The van der Waals surface area contributed by atoms with Gasteiger partial charge in [-0.05, 0) is 42.7 Å². The van der Waals surface area contributed by atoms with E-state index in [-0.39, 0.29) is 5.91 Å². The zero-order valence-corrected chi connectivity index (χ0v) is 14.3. The molecule has 0 saturated carbocycles. The Balaban J connectivity index is 1.70. The van der Waals surface area contributed by atoms with Crippen molar-refractivity contribution in [3.63, 3.8) is 0 Å². The lowest BCUT2D eigenvalue weighted by molar-refractivity contribution is -0.130. The van der Waals surface area contributed by atoms with Crippen molar-refractivity contribution in [1.29, 1.82) is 0 Å². The highest BCUT2D eigenvalue weighted by Crippen LogP contribution is 2.21. The molecule has 0 spiro atoms. The van der Waals surface area contributed by atoms with Crippen molar-refractivity contribution in [2.24, 2.45) is 7.05 Å². The largest absolute Gasteiger partial charge is 0.350 e. The maximum absolute atomic E-state index is 12.7. The average molecular weight is 321 g/mol. The van der Waals surface area contributed by atoms with Crippen LogP contribution in [-0.2, 0) is 24.7 Å². The Morgan fingerprint density at radius 3 is 2.67 bits per heavy atom. The third kappa shape index (κ3) is 3.48. The quantitative estimate of drug-likeness (QED) is 0.699. The number of pyridine rings is 1. The van der Waals surface area contributed by atoms with Crippen LogP contribution in [0.1, 0.15) is 18.1 Å². The van der Waals surface area contributed by atoms with Crippen LogP contribution in [0.2, 0.25) is 0 Å². The number of nitrogens with zero attached hydrogens (tertiary/aromatic N) is 3. The molecule has 24 heavy (non-hydrogen) atoms. The highest BCUT2D eigenvalue weighted by Gasteiger charge is 2.15. The Kier molecular flexibility index (Phi) is 4.94. The summed E-state index contributed by atoms with van der Waals surface area (Å²) in [6.45, 7) is 3.51. The molecule has 0 bridgehead atoms. The van der Waals surface area contributed by atoms with Gasteiger partial charge in [0.1, 0.15) is 0 Å². The van der Waals surface area contributed by atoms with Gasteiger partial charge in [-0.3, -0.25) is 9.78 Å². The maximum atomic E-state index is 12.7. The summed E-state index contributed by atoms with van der Waals surface area (Å²) in [6, 6.07) is 12.2. The summed E-state index contributed by atoms with van der Waals surface area (Å²) >= 11 is 0. The van der Waals surface area contributed by atoms with Crippen LogP contribution in [-0.4, -0.2) is 33.4 Å². The first-order chi connectivity index (χ1) is 11.7. The molecule has 4 heteroatoms. The smallest absolute Gasteiger partial charge is 0.227 e. The van der Waals surface area contributed by atoms with E-state index in [1.165, 1.54) is 16.5 Å². The Morgan fingerprint density at radius 1 is 1.17 bits per heavy atom. The van der Waals surface area contributed by atoms with Crippen molar-refractivity contribution >= 4 is 16.8 Å². The van der Waals surface area contributed by atoms with E-state index in [1.54, 1.807) is 12.4 Å². The predicted octanol–water partition coefficient (Wildman–Crippen LogP) is 3.21. The van der Waals surface area contributed by atoms with E-state index in [4.69, 9.17) is 0 Å². The minimum Gasteiger partial charge on any atom is -0.350 e. The molecule has 0 aliphatic carbocycles. The van der Waals surface area contributed by atoms with Gasteiger partial charge in [0.2, 0.25) is 5.91 Å². The van der Waals surface area contributed by atoms with Gasteiger partial charge in [-0.15, -0.1) is 0 Å². The number of aryl methyl sites for hydroxylation is 1. The number of amides is 1. The number of para-hydroxylation sites is 1. The minimum atomic E-state index is 0.183. The highest BCUT2D eigenvalue weighted by molar-refractivity contribution is 5.89. The maximum Gasteiger partial charge on any atom is 0.227 e. The third-order valence-electron chi connectivity index (χ3n) is 4.48. The number of carbonyl (C=O) groups excluding carboxylic acids is 1. The van der Waals surface area contributed by atoms with Crippen molar-refractivity contribution in [2.75, 3.05) is 13.1 Å². The zero-order valence-electron chi connectivity index (χ0n) is 14.3. The van der Waals surface area contributed by atoms with Crippen LogP contribution in [0.5, 0.6) is 0 Å². The first-order valence-electron chi connectivity index (χ1n) is 8.38. The first-order valence-corrected chi connectivity index (χ1v) is 8.38. The van der Waals surface area contributed by atoms with Crippen molar-refractivity contribution in [1.82, 2.24) is 14.5 Å². The SMILES string of the molecule is CCN(CCc1ccncc1)C(=O)Cc1cn(C)c2ccccc12. The number of carbonyl (C=O) groups is 1. The van der Waals surface area contributed by atoms with Crippen LogP contribution in [0.15, 0.2) is 55.0 Å². The number of aromatic nitrogens is 2. The Labute approximate surface area is 142 Å². The van der Waals surface area contributed by atoms with E-state index in [9.17, 15) is 4.79 Å². The van der Waals surface area contributed by atoms with Gasteiger partial charge < -0.3 is 9.47 Å². The second-order valence-corrected chi connectivity index (χ2v) is 6.04. The molecule has 4 nitrogen and oxygen atoms in total. The van der Waals surface area contributed by atoms with Gasteiger partial charge in [0.15, 0.2) is 0 Å². The van der Waals surface area contributed by atoms with Gasteiger partial charge in [-0.1, -0.05) is 18.2 Å². The van der Waals surface area contributed by atoms with E-state index in [1.807, 2.05) is 43.1 Å². The summed E-state index contributed by atoms with van der Waals surface area (Å²) in [5, 5.41) is 1.17. The summed E-state index contributed by atoms with van der Waals surface area (Å²) in [6.07, 6.45) is 6.97. The van der Waals surface area contributed by atoms with E-state index >= 15 is 0 Å². The lowest BCUT2D eigenvalue weighted by Gasteiger charge is -2.21. The molecule has 3 rings (SSSR count). The third-order valence-corrected chi connectivity index (χ3v) is 4.48. The molecule has 1 amide bonds. The lowest BCUT2D eigenvalue weighted by Crippen LogP contribution is -2.33. The molecular formula is C20H23N3O. The van der Waals surface area contributed by atoms with Crippen LogP contribution in [0.25, 0.3) is 10.9 Å². The molecule has 0 unspecified atom stereocenters. The zero-order chi connectivity index (χ0) is 16.9. The van der Waals surface area contributed by atoms with Gasteiger partial charge in [0.25, 0.3) is 0 Å². The molecule has 0 fully saturated rings.